The Morgan fingerprint density at radius 3 is 2.48 bits per heavy atom. The van der Waals surface area contributed by atoms with Crippen LogP contribution in [0, 0.1) is 5.92 Å². The van der Waals surface area contributed by atoms with Crippen LogP contribution in [0.4, 0.5) is 0 Å². The van der Waals surface area contributed by atoms with Gasteiger partial charge < -0.3 is 4.90 Å². The van der Waals surface area contributed by atoms with Crippen LogP contribution in [0.3, 0.4) is 0 Å². The van der Waals surface area contributed by atoms with Crippen LogP contribution in [0.15, 0.2) is 66.9 Å². The molecule has 0 aliphatic carbocycles. The molecule has 1 aromatic heterocycles. The van der Waals surface area contributed by atoms with Crippen molar-refractivity contribution in [1.82, 2.24) is 19.9 Å². The molecule has 1 amide bonds. The van der Waals surface area contributed by atoms with E-state index in [4.69, 9.17) is 0 Å². The smallest absolute Gasteiger partial charge is 0.223 e. The molecule has 3 aromatic rings. The molecule has 1 atom stereocenters. The quantitative estimate of drug-likeness (QED) is 0.722. The number of benzene rings is 2. The molecule has 2 heterocycles. The summed E-state index contributed by atoms with van der Waals surface area (Å²) in [6.45, 7) is 2.17. The van der Waals surface area contributed by atoms with Gasteiger partial charge in [0.25, 0.3) is 0 Å². The number of nitrogens with zero attached hydrogens (tertiary/aromatic N) is 4. The van der Waals surface area contributed by atoms with Gasteiger partial charge in [0.15, 0.2) is 0 Å². The lowest BCUT2D eigenvalue weighted by Crippen LogP contribution is -2.25. The molecule has 5 heteroatoms. The van der Waals surface area contributed by atoms with Gasteiger partial charge in [0.2, 0.25) is 5.91 Å². The third-order valence-corrected chi connectivity index (χ3v) is 4.56. The number of aromatic nitrogens is 3. The van der Waals surface area contributed by atoms with Gasteiger partial charge in [0, 0.05) is 37.5 Å². The van der Waals surface area contributed by atoms with Gasteiger partial charge in [-0.05, 0) is 5.56 Å². The molecule has 1 saturated heterocycles. The number of hydrogen-bond donors (Lipinski definition) is 0. The summed E-state index contributed by atoms with van der Waals surface area (Å²) >= 11 is 0. The van der Waals surface area contributed by atoms with Crippen LogP contribution >= 0.6 is 0 Å². The molecule has 5 nitrogen and oxygen atoms in total. The Labute approximate surface area is 146 Å². The summed E-state index contributed by atoms with van der Waals surface area (Å²) in [5.41, 5.74) is 3.09. The molecule has 1 aliphatic rings. The zero-order valence-corrected chi connectivity index (χ0v) is 14.0. The second-order valence-electron chi connectivity index (χ2n) is 6.52. The molecule has 1 fully saturated rings. The van der Waals surface area contributed by atoms with E-state index in [1.54, 1.807) is 0 Å². The maximum Gasteiger partial charge on any atom is 0.223 e. The van der Waals surface area contributed by atoms with Crippen LogP contribution in [0.1, 0.15) is 12.0 Å². The highest BCUT2D eigenvalue weighted by molar-refractivity contribution is 5.78. The Bertz CT molecular complexity index is 844. The van der Waals surface area contributed by atoms with Crippen molar-refractivity contribution in [1.29, 1.82) is 0 Å². The molecule has 1 unspecified atom stereocenters. The SMILES string of the molecule is O=C1CC(Cn2cc(-c3ccccc3)nn2)CN1Cc1ccccc1. The molecule has 1 aliphatic heterocycles. The minimum atomic E-state index is 0.220. The van der Waals surface area contributed by atoms with Crippen molar-refractivity contribution in [3.63, 3.8) is 0 Å². The van der Waals surface area contributed by atoms with E-state index in [0.717, 1.165) is 24.3 Å². The minimum Gasteiger partial charge on any atom is -0.338 e. The number of carbonyl (C=O) groups is 1. The molecule has 0 spiro atoms. The fourth-order valence-corrected chi connectivity index (χ4v) is 3.33. The maximum absolute atomic E-state index is 12.3. The lowest BCUT2D eigenvalue weighted by atomic mass is 10.1. The molecule has 0 saturated carbocycles. The summed E-state index contributed by atoms with van der Waals surface area (Å²) in [7, 11) is 0. The number of rotatable bonds is 5. The van der Waals surface area contributed by atoms with Crippen molar-refractivity contribution in [3.8, 4) is 11.3 Å². The summed E-state index contributed by atoms with van der Waals surface area (Å²) in [5, 5.41) is 8.48. The highest BCUT2D eigenvalue weighted by Crippen LogP contribution is 2.22. The first-order valence-corrected chi connectivity index (χ1v) is 8.55. The van der Waals surface area contributed by atoms with Gasteiger partial charge in [-0.3, -0.25) is 9.48 Å². The van der Waals surface area contributed by atoms with Crippen molar-refractivity contribution in [2.75, 3.05) is 6.54 Å². The standard InChI is InChI=1S/C20H20N4O/c25-20-11-17(13-23(20)12-16-7-3-1-4-8-16)14-24-15-19(21-22-24)18-9-5-2-6-10-18/h1-10,15,17H,11-14H2. The molecule has 126 valence electrons. The minimum absolute atomic E-state index is 0.220. The van der Waals surface area contributed by atoms with Gasteiger partial charge in [-0.25, -0.2) is 0 Å². The van der Waals surface area contributed by atoms with Crippen molar-refractivity contribution in [3.05, 3.63) is 72.4 Å². The average Bonchev–Trinajstić information content (AvgIpc) is 3.24. The van der Waals surface area contributed by atoms with Gasteiger partial charge in [-0.15, -0.1) is 5.10 Å². The zero-order chi connectivity index (χ0) is 17.1. The summed E-state index contributed by atoms with van der Waals surface area (Å²) < 4.78 is 1.85. The van der Waals surface area contributed by atoms with Crippen molar-refractivity contribution in [2.24, 2.45) is 5.92 Å². The molecule has 0 N–H and O–H groups in total. The van der Waals surface area contributed by atoms with Crippen LogP contribution in [-0.4, -0.2) is 32.3 Å². The first-order chi connectivity index (χ1) is 12.3. The second-order valence-corrected chi connectivity index (χ2v) is 6.52. The fraction of sp³-hybridized carbons (Fsp3) is 0.250. The Kier molecular flexibility index (Phi) is 4.29. The fourth-order valence-electron chi connectivity index (χ4n) is 3.33. The number of hydrogen-bond acceptors (Lipinski definition) is 3. The summed E-state index contributed by atoms with van der Waals surface area (Å²) in [6.07, 6.45) is 2.53. The third-order valence-electron chi connectivity index (χ3n) is 4.56. The number of carbonyl (C=O) groups excluding carboxylic acids is 1. The van der Waals surface area contributed by atoms with E-state index in [1.807, 2.05) is 64.3 Å². The maximum atomic E-state index is 12.3. The summed E-state index contributed by atoms with van der Waals surface area (Å²) in [4.78, 5) is 14.2. The van der Waals surface area contributed by atoms with Crippen molar-refractivity contribution in [2.45, 2.75) is 19.5 Å². The van der Waals surface area contributed by atoms with Crippen LogP contribution in [0.25, 0.3) is 11.3 Å². The van der Waals surface area contributed by atoms with Crippen LogP contribution in [0.2, 0.25) is 0 Å². The molecule has 4 rings (SSSR count). The van der Waals surface area contributed by atoms with E-state index in [2.05, 4.69) is 22.4 Å². The van der Waals surface area contributed by atoms with E-state index < -0.39 is 0 Å². The van der Waals surface area contributed by atoms with E-state index in [-0.39, 0.29) is 11.8 Å². The van der Waals surface area contributed by atoms with Crippen LogP contribution in [0.5, 0.6) is 0 Å². The van der Waals surface area contributed by atoms with E-state index in [9.17, 15) is 4.79 Å². The predicted molar refractivity (Wildman–Crippen MR) is 95.4 cm³/mol. The molecule has 0 radical (unpaired) electrons. The van der Waals surface area contributed by atoms with Crippen LogP contribution < -0.4 is 0 Å². The summed E-state index contributed by atoms with van der Waals surface area (Å²) in [6, 6.07) is 20.1. The third kappa shape index (κ3) is 3.60. The lowest BCUT2D eigenvalue weighted by molar-refractivity contribution is -0.128. The van der Waals surface area contributed by atoms with Gasteiger partial charge >= 0.3 is 0 Å². The average molecular weight is 332 g/mol. The normalized spacial score (nSPS) is 17.2. The van der Waals surface area contributed by atoms with E-state index in [1.165, 1.54) is 5.56 Å². The Hall–Kier alpha value is -2.95. The molecular weight excluding hydrogens is 312 g/mol. The van der Waals surface area contributed by atoms with Gasteiger partial charge in [0.05, 0.1) is 6.20 Å². The van der Waals surface area contributed by atoms with Gasteiger partial charge in [0.1, 0.15) is 5.69 Å². The van der Waals surface area contributed by atoms with E-state index in [0.29, 0.717) is 13.0 Å². The molecule has 2 aromatic carbocycles. The molecule has 0 bridgehead atoms. The number of amides is 1. The zero-order valence-electron chi connectivity index (χ0n) is 14.0. The van der Waals surface area contributed by atoms with Gasteiger partial charge in [-0.2, -0.15) is 0 Å². The number of likely N-dealkylation sites (tertiary alicyclic amines) is 1. The lowest BCUT2D eigenvalue weighted by Gasteiger charge is -2.16. The monoisotopic (exact) mass is 332 g/mol. The highest BCUT2D eigenvalue weighted by atomic mass is 16.2. The highest BCUT2D eigenvalue weighted by Gasteiger charge is 2.30. The predicted octanol–water partition coefficient (Wildman–Crippen LogP) is 2.99. The Balaban J connectivity index is 1.39. The summed E-state index contributed by atoms with van der Waals surface area (Å²) in [5.74, 6) is 0.499. The largest absolute Gasteiger partial charge is 0.338 e. The molecular formula is C20H20N4O. The second kappa shape index (κ2) is 6.89. The first kappa shape index (κ1) is 15.6. The Morgan fingerprint density at radius 2 is 1.72 bits per heavy atom. The van der Waals surface area contributed by atoms with Crippen molar-refractivity contribution < 1.29 is 4.79 Å². The van der Waals surface area contributed by atoms with Crippen LogP contribution in [-0.2, 0) is 17.9 Å². The van der Waals surface area contributed by atoms with Crippen molar-refractivity contribution >= 4 is 5.91 Å². The van der Waals surface area contributed by atoms with E-state index >= 15 is 0 Å². The Morgan fingerprint density at radius 1 is 1.00 bits per heavy atom. The van der Waals surface area contributed by atoms with Gasteiger partial charge in [-0.1, -0.05) is 65.9 Å². The molecule has 25 heavy (non-hydrogen) atoms. The topological polar surface area (TPSA) is 51.0 Å². The first-order valence-electron chi connectivity index (χ1n) is 8.55.